The molecule has 3 N–H and O–H groups in total. The lowest BCUT2D eigenvalue weighted by molar-refractivity contribution is -0.115. The average Bonchev–Trinajstić information content (AvgIpc) is 3.16. The molecule has 112 valence electrons. The molecular weight excluding hydrogens is 346 g/mol. The zero-order valence-electron chi connectivity index (χ0n) is 11.7. The van der Waals surface area contributed by atoms with Crippen LogP contribution in [0, 0.1) is 5.92 Å². The van der Waals surface area contributed by atoms with Crippen molar-refractivity contribution >= 4 is 44.9 Å². The normalized spacial score (nSPS) is 19.6. The van der Waals surface area contributed by atoms with Gasteiger partial charge in [-0.1, -0.05) is 0 Å². The van der Waals surface area contributed by atoms with Crippen molar-refractivity contribution in [1.82, 2.24) is 20.6 Å². The number of hydrogen-bond donors (Lipinski definition) is 3. The van der Waals surface area contributed by atoms with Gasteiger partial charge < -0.3 is 10.3 Å². The molecule has 1 saturated carbocycles. The van der Waals surface area contributed by atoms with Crippen LogP contribution in [-0.2, 0) is 4.79 Å². The summed E-state index contributed by atoms with van der Waals surface area (Å²) in [7, 11) is 0. The van der Waals surface area contributed by atoms with E-state index in [1.54, 1.807) is 12.3 Å². The summed E-state index contributed by atoms with van der Waals surface area (Å²) in [5, 5.41) is 6.88. The first-order valence-corrected chi connectivity index (χ1v) is 7.96. The molecule has 2 aliphatic rings. The Hall–Kier alpha value is -2.15. The number of guanidine groups is 1. The Kier molecular flexibility index (Phi) is 3.22. The van der Waals surface area contributed by atoms with Crippen LogP contribution < -0.4 is 10.6 Å². The molecule has 1 aliphatic heterocycles. The highest BCUT2D eigenvalue weighted by atomic mass is 79.9. The minimum absolute atomic E-state index is 0.185. The number of pyridine rings is 1. The van der Waals surface area contributed by atoms with Gasteiger partial charge in [-0.2, -0.15) is 0 Å². The Labute approximate surface area is 135 Å². The highest BCUT2D eigenvalue weighted by molar-refractivity contribution is 9.10. The third-order valence-corrected chi connectivity index (χ3v) is 4.21. The van der Waals surface area contributed by atoms with Crippen LogP contribution in [0.1, 0.15) is 18.4 Å². The van der Waals surface area contributed by atoms with Crippen molar-refractivity contribution in [3.63, 3.8) is 0 Å². The highest BCUT2D eigenvalue weighted by Crippen LogP contribution is 2.27. The van der Waals surface area contributed by atoms with E-state index in [9.17, 15) is 4.79 Å². The molecule has 1 aliphatic carbocycles. The van der Waals surface area contributed by atoms with Crippen LogP contribution in [0.25, 0.3) is 17.1 Å². The van der Waals surface area contributed by atoms with Crippen LogP contribution in [0.3, 0.4) is 0 Å². The van der Waals surface area contributed by atoms with Gasteiger partial charge >= 0.3 is 0 Å². The van der Waals surface area contributed by atoms with Crippen molar-refractivity contribution in [2.45, 2.75) is 12.8 Å². The van der Waals surface area contributed by atoms with E-state index in [1.807, 2.05) is 12.3 Å². The van der Waals surface area contributed by atoms with Crippen molar-refractivity contribution in [3.8, 4) is 0 Å². The lowest BCUT2D eigenvalue weighted by Crippen LogP contribution is -2.37. The maximum Gasteiger partial charge on any atom is 0.276 e. The van der Waals surface area contributed by atoms with E-state index in [2.05, 4.69) is 41.5 Å². The number of fused-ring (bicyclic) bond motifs is 1. The van der Waals surface area contributed by atoms with E-state index in [-0.39, 0.29) is 5.91 Å². The predicted octanol–water partition coefficient (Wildman–Crippen LogP) is 2.15. The monoisotopic (exact) mass is 359 g/mol. The number of carbonyl (C=O) groups excluding carboxylic acids is 1. The van der Waals surface area contributed by atoms with E-state index < -0.39 is 0 Å². The predicted molar refractivity (Wildman–Crippen MR) is 88.1 cm³/mol. The molecule has 0 aromatic carbocycles. The van der Waals surface area contributed by atoms with Crippen molar-refractivity contribution in [1.29, 1.82) is 0 Å². The molecule has 0 radical (unpaired) electrons. The van der Waals surface area contributed by atoms with Crippen LogP contribution in [0.4, 0.5) is 0 Å². The van der Waals surface area contributed by atoms with E-state index in [0.717, 1.165) is 33.5 Å². The van der Waals surface area contributed by atoms with Crippen LogP contribution in [0.15, 0.2) is 33.6 Å². The van der Waals surface area contributed by atoms with Gasteiger partial charge in [-0.3, -0.25) is 10.1 Å². The molecule has 22 heavy (non-hydrogen) atoms. The molecule has 3 heterocycles. The molecule has 0 saturated heterocycles. The number of aliphatic imine (C=N–C) groups is 1. The Morgan fingerprint density at radius 2 is 2.32 bits per heavy atom. The SMILES string of the molecule is O=C1NC(NCC2CC2)=NC1=Cc1c[nH]c2ncc(Br)cc12. The van der Waals surface area contributed by atoms with Gasteiger partial charge in [-0.25, -0.2) is 9.98 Å². The van der Waals surface area contributed by atoms with Gasteiger partial charge in [0.15, 0.2) is 0 Å². The number of hydrogen-bond acceptors (Lipinski definition) is 4. The summed E-state index contributed by atoms with van der Waals surface area (Å²) in [6.45, 7) is 0.871. The molecule has 2 aromatic rings. The van der Waals surface area contributed by atoms with Crippen molar-refractivity contribution in [3.05, 3.63) is 34.2 Å². The summed E-state index contributed by atoms with van der Waals surface area (Å²) in [5.41, 5.74) is 2.07. The lowest BCUT2D eigenvalue weighted by Gasteiger charge is -2.02. The first-order valence-electron chi connectivity index (χ1n) is 7.17. The molecule has 0 atom stereocenters. The second-order valence-electron chi connectivity index (χ2n) is 5.56. The van der Waals surface area contributed by atoms with Crippen molar-refractivity contribution in [2.24, 2.45) is 10.9 Å². The Morgan fingerprint density at radius 3 is 3.14 bits per heavy atom. The zero-order chi connectivity index (χ0) is 15.1. The van der Waals surface area contributed by atoms with Gasteiger partial charge in [-0.15, -0.1) is 0 Å². The average molecular weight is 360 g/mol. The second-order valence-corrected chi connectivity index (χ2v) is 6.48. The third-order valence-electron chi connectivity index (χ3n) is 3.77. The van der Waals surface area contributed by atoms with Crippen LogP contribution in [0.2, 0.25) is 0 Å². The lowest BCUT2D eigenvalue weighted by atomic mass is 10.2. The molecule has 0 unspecified atom stereocenters. The quantitative estimate of drug-likeness (QED) is 0.734. The van der Waals surface area contributed by atoms with Gasteiger partial charge in [0.1, 0.15) is 11.3 Å². The van der Waals surface area contributed by atoms with Gasteiger partial charge in [0.05, 0.1) is 0 Å². The maximum absolute atomic E-state index is 12.0. The second kappa shape index (κ2) is 5.24. The Bertz CT molecular complexity index is 818. The number of halogens is 1. The number of nitrogens with one attached hydrogen (secondary N) is 3. The minimum Gasteiger partial charge on any atom is -0.355 e. The maximum atomic E-state index is 12.0. The van der Waals surface area contributed by atoms with Crippen molar-refractivity contribution < 1.29 is 4.79 Å². The van der Waals surface area contributed by atoms with Crippen molar-refractivity contribution in [2.75, 3.05) is 6.54 Å². The summed E-state index contributed by atoms with van der Waals surface area (Å²) in [4.78, 5) is 23.7. The Balaban J connectivity index is 1.62. The number of amides is 1. The largest absolute Gasteiger partial charge is 0.355 e. The van der Waals surface area contributed by atoms with Crippen LogP contribution in [0.5, 0.6) is 0 Å². The van der Waals surface area contributed by atoms with Gasteiger partial charge in [0, 0.05) is 34.4 Å². The summed E-state index contributed by atoms with van der Waals surface area (Å²) in [6.07, 6.45) is 7.85. The van der Waals surface area contributed by atoms with Crippen LogP contribution >= 0.6 is 15.9 Å². The minimum atomic E-state index is -0.185. The molecule has 7 heteroatoms. The van der Waals surface area contributed by atoms with E-state index in [4.69, 9.17) is 0 Å². The molecule has 1 fully saturated rings. The molecule has 4 rings (SSSR count). The number of rotatable bonds is 3. The summed E-state index contributed by atoms with van der Waals surface area (Å²) in [5.74, 6) is 1.09. The standard InChI is InChI=1S/C15H14BrN5O/c16-10-4-11-9(6-17-13(11)18-7-10)3-12-14(22)21-15(20-12)19-5-8-1-2-8/h3-4,6-8H,1-2,5H2,(H,17,18)(H2,19,20,21,22). The molecule has 6 nitrogen and oxygen atoms in total. The fourth-order valence-electron chi connectivity index (χ4n) is 2.38. The highest BCUT2D eigenvalue weighted by Gasteiger charge is 2.24. The molecule has 1 amide bonds. The molecular formula is C15H14BrN5O. The van der Waals surface area contributed by atoms with E-state index >= 15 is 0 Å². The summed E-state index contributed by atoms with van der Waals surface area (Å²) >= 11 is 3.41. The summed E-state index contributed by atoms with van der Waals surface area (Å²) < 4.78 is 0.894. The van der Waals surface area contributed by atoms with Crippen LogP contribution in [-0.4, -0.2) is 28.4 Å². The number of aromatic nitrogens is 2. The molecule has 0 spiro atoms. The number of aromatic amines is 1. The fraction of sp³-hybridized carbons (Fsp3) is 0.267. The smallest absolute Gasteiger partial charge is 0.276 e. The third kappa shape index (κ3) is 2.64. The number of carbonyl (C=O) groups is 1. The van der Waals surface area contributed by atoms with Gasteiger partial charge in [0.2, 0.25) is 5.96 Å². The summed E-state index contributed by atoms with van der Waals surface area (Å²) in [6, 6.07) is 1.97. The number of nitrogens with zero attached hydrogens (tertiary/aromatic N) is 2. The van der Waals surface area contributed by atoms with Gasteiger partial charge in [-0.05, 0) is 46.8 Å². The van der Waals surface area contributed by atoms with Gasteiger partial charge in [0.25, 0.3) is 5.91 Å². The fourth-order valence-corrected chi connectivity index (χ4v) is 2.71. The topological polar surface area (TPSA) is 82.2 Å². The zero-order valence-corrected chi connectivity index (χ0v) is 13.3. The number of H-pyrrole nitrogens is 1. The van der Waals surface area contributed by atoms with E-state index in [0.29, 0.717) is 11.7 Å². The first-order chi connectivity index (χ1) is 10.7. The molecule has 0 bridgehead atoms. The first kappa shape index (κ1) is 13.5. The Morgan fingerprint density at radius 1 is 1.45 bits per heavy atom. The van der Waals surface area contributed by atoms with E-state index in [1.165, 1.54) is 12.8 Å². The molecule has 2 aromatic heterocycles.